The molecule has 1 fully saturated rings. The van der Waals surface area contributed by atoms with Gasteiger partial charge in [0.1, 0.15) is 30.3 Å². The third kappa shape index (κ3) is 2.66. The average Bonchev–Trinajstić information content (AvgIpc) is 3.03. The number of alkyl halides is 2. The lowest BCUT2D eigenvalue weighted by molar-refractivity contribution is 0.0704. The number of anilines is 1. The molecule has 1 aromatic heterocycles. The van der Waals surface area contributed by atoms with Gasteiger partial charge >= 0.3 is 6.09 Å². The highest BCUT2D eigenvalue weighted by Gasteiger charge is 2.47. The third-order valence-electron chi connectivity index (χ3n) is 4.31. The van der Waals surface area contributed by atoms with Crippen LogP contribution in [0.2, 0.25) is 0 Å². The number of nitrogens with zero attached hydrogens (tertiary/aromatic N) is 3. The van der Waals surface area contributed by atoms with E-state index in [9.17, 15) is 13.6 Å². The van der Waals surface area contributed by atoms with Crippen molar-refractivity contribution in [3.05, 3.63) is 28.9 Å². The van der Waals surface area contributed by atoms with Crippen LogP contribution >= 0.6 is 15.9 Å². The average molecular weight is 414 g/mol. The molecule has 0 spiro atoms. The Morgan fingerprint density at radius 1 is 1.40 bits per heavy atom. The lowest BCUT2D eigenvalue weighted by Gasteiger charge is -2.20. The van der Waals surface area contributed by atoms with Gasteiger partial charge in [-0.3, -0.25) is 0 Å². The van der Waals surface area contributed by atoms with E-state index < -0.39 is 24.7 Å². The van der Waals surface area contributed by atoms with E-state index in [2.05, 4.69) is 20.9 Å². The molecule has 2 aliphatic heterocycles. The summed E-state index contributed by atoms with van der Waals surface area (Å²) in [6, 6.07) is 4.16. The Balaban J connectivity index is 1.80. The highest BCUT2D eigenvalue weighted by Crippen LogP contribution is 2.37. The van der Waals surface area contributed by atoms with E-state index in [1.165, 1.54) is 6.92 Å². The number of amides is 1. The van der Waals surface area contributed by atoms with E-state index in [0.29, 0.717) is 24.7 Å². The van der Waals surface area contributed by atoms with Gasteiger partial charge in [0.25, 0.3) is 6.43 Å². The number of rotatable bonds is 2. The molecule has 2 aromatic rings. The van der Waals surface area contributed by atoms with Gasteiger partial charge in [-0.2, -0.15) is 0 Å². The van der Waals surface area contributed by atoms with Crippen LogP contribution in [0.15, 0.2) is 28.9 Å². The lowest BCUT2D eigenvalue weighted by atomic mass is 10.2. The molecule has 25 heavy (non-hydrogen) atoms. The maximum absolute atomic E-state index is 13.4. The number of imidazole rings is 1. The SMILES string of the molecule is C[C@H]1OC(=O)N(c2cn3c(n2)-c2ccc(Br)cc2OCC3)C1C(F)F. The molecule has 2 aliphatic rings. The zero-order valence-corrected chi connectivity index (χ0v) is 14.7. The van der Waals surface area contributed by atoms with Crippen LogP contribution in [-0.2, 0) is 11.3 Å². The van der Waals surface area contributed by atoms with Gasteiger partial charge in [0.2, 0.25) is 0 Å². The van der Waals surface area contributed by atoms with Gasteiger partial charge < -0.3 is 14.0 Å². The van der Waals surface area contributed by atoms with Gasteiger partial charge in [0, 0.05) is 10.7 Å². The monoisotopic (exact) mass is 413 g/mol. The van der Waals surface area contributed by atoms with Gasteiger partial charge in [-0.25, -0.2) is 23.5 Å². The van der Waals surface area contributed by atoms with Crippen LogP contribution in [0, 0.1) is 0 Å². The number of carbonyl (C=O) groups excluding carboxylic acids is 1. The molecule has 4 rings (SSSR count). The molecule has 9 heteroatoms. The van der Waals surface area contributed by atoms with Crippen LogP contribution in [-0.4, -0.2) is 40.8 Å². The summed E-state index contributed by atoms with van der Waals surface area (Å²) in [4.78, 5) is 17.4. The Morgan fingerprint density at radius 2 is 2.20 bits per heavy atom. The highest BCUT2D eigenvalue weighted by molar-refractivity contribution is 9.10. The summed E-state index contributed by atoms with van der Waals surface area (Å²) in [6.07, 6.45) is -2.85. The number of carbonyl (C=O) groups is 1. The number of halogens is 3. The highest BCUT2D eigenvalue weighted by atomic mass is 79.9. The van der Waals surface area contributed by atoms with Crippen LogP contribution in [0.3, 0.4) is 0 Å². The van der Waals surface area contributed by atoms with Crippen molar-refractivity contribution < 1.29 is 23.0 Å². The second kappa shape index (κ2) is 5.98. The molecule has 0 radical (unpaired) electrons. The summed E-state index contributed by atoms with van der Waals surface area (Å²) in [5.74, 6) is 1.37. The molecule has 1 amide bonds. The molecule has 3 heterocycles. The summed E-state index contributed by atoms with van der Waals surface area (Å²) in [5, 5.41) is 0. The lowest BCUT2D eigenvalue weighted by Crippen LogP contribution is -2.41. The van der Waals surface area contributed by atoms with E-state index in [0.717, 1.165) is 14.9 Å². The van der Waals surface area contributed by atoms with Gasteiger partial charge in [-0.1, -0.05) is 15.9 Å². The maximum Gasteiger partial charge on any atom is 0.416 e. The van der Waals surface area contributed by atoms with Crippen molar-refractivity contribution in [2.75, 3.05) is 11.5 Å². The molecule has 0 N–H and O–H groups in total. The number of aromatic nitrogens is 2. The Hall–Kier alpha value is -2.16. The second-order valence-corrected chi connectivity index (χ2v) is 6.80. The first-order valence-corrected chi connectivity index (χ1v) is 8.53. The summed E-state index contributed by atoms with van der Waals surface area (Å²) in [5.41, 5.74) is 0.737. The predicted octanol–water partition coefficient (Wildman–Crippen LogP) is 3.68. The molecule has 2 atom stereocenters. The fraction of sp³-hybridized carbons (Fsp3) is 0.375. The quantitative estimate of drug-likeness (QED) is 0.753. The summed E-state index contributed by atoms with van der Waals surface area (Å²) in [6.45, 7) is 2.36. The fourth-order valence-electron chi connectivity index (χ4n) is 3.14. The molecule has 0 saturated carbocycles. The van der Waals surface area contributed by atoms with Crippen LogP contribution in [0.25, 0.3) is 11.4 Å². The number of cyclic esters (lactones) is 1. The minimum Gasteiger partial charge on any atom is -0.491 e. The third-order valence-corrected chi connectivity index (χ3v) is 4.80. The Bertz CT molecular complexity index is 842. The van der Waals surface area contributed by atoms with Crippen molar-refractivity contribution in [2.24, 2.45) is 0 Å². The molecule has 6 nitrogen and oxygen atoms in total. The first kappa shape index (κ1) is 16.3. The van der Waals surface area contributed by atoms with Gasteiger partial charge in [0.05, 0.1) is 12.1 Å². The minimum atomic E-state index is -2.73. The maximum atomic E-state index is 13.4. The van der Waals surface area contributed by atoms with Crippen molar-refractivity contribution in [3.63, 3.8) is 0 Å². The number of hydrogen-bond acceptors (Lipinski definition) is 4. The molecule has 1 unspecified atom stereocenters. The van der Waals surface area contributed by atoms with Crippen molar-refractivity contribution in [1.82, 2.24) is 9.55 Å². The topological polar surface area (TPSA) is 56.6 Å². The Morgan fingerprint density at radius 3 is 2.96 bits per heavy atom. The second-order valence-electron chi connectivity index (χ2n) is 5.89. The predicted molar refractivity (Wildman–Crippen MR) is 89.1 cm³/mol. The normalized spacial score (nSPS) is 22.3. The largest absolute Gasteiger partial charge is 0.491 e. The van der Waals surface area contributed by atoms with Crippen molar-refractivity contribution in [3.8, 4) is 17.1 Å². The Kier molecular flexibility index (Phi) is 3.90. The van der Waals surface area contributed by atoms with Gasteiger partial charge in [-0.15, -0.1) is 0 Å². The smallest absolute Gasteiger partial charge is 0.416 e. The van der Waals surface area contributed by atoms with E-state index in [1.807, 2.05) is 18.2 Å². The molecule has 1 saturated heterocycles. The molecule has 132 valence electrons. The van der Waals surface area contributed by atoms with E-state index in [-0.39, 0.29) is 5.82 Å². The van der Waals surface area contributed by atoms with Crippen molar-refractivity contribution in [1.29, 1.82) is 0 Å². The molecular weight excluding hydrogens is 400 g/mol. The summed E-state index contributed by atoms with van der Waals surface area (Å²) < 4.78 is 40.1. The standard InChI is InChI=1S/C16H14BrF2N3O3/c1-8-13(14(18)19)22(16(23)25-8)12-7-21-4-5-24-11-6-9(17)2-3-10(11)15(21)20-12/h2-3,6-8,13-14H,4-5H2,1H3/t8-,13?/m1/s1. The van der Waals surface area contributed by atoms with E-state index in [4.69, 9.17) is 9.47 Å². The molecule has 1 aromatic carbocycles. The van der Waals surface area contributed by atoms with Crippen LogP contribution in [0.1, 0.15) is 6.92 Å². The van der Waals surface area contributed by atoms with Crippen molar-refractivity contribution in [2.45, 2.75) is 32.0 Å². The van der Waals surface area contributed by atoms with E-state index >= 15 is 0 Å². The zero-order chi connectivity index (χ0) is 17.7. The molecule has 0 bridgehead atoms. The minimum absolute atomic E-state index is 0.158. The first-order chi connectivity index (χ1) is 12.0. The van der Waals surface area contributed by atoms with Crippen LogP contribution < -0.4 is 9.64 Å². The molecule has 0 aliphatic carbocycles. The summed E-state index contributed by atoms with van der Waals surface area (Å²) >= 11 is 3.39. The fourth-order valence-corrected chi connectivity index (χ4v) is 3.48. The number of benzene rings is 1. The van der Waals surface area contributed by atoms with Crippen molar-refractivity contribution >= 4 is 27.8 Å². The first-order valence-electron chi connectivity index (χ1n) is 7.73. The van der Waals surface area contributed by atoms with Gasteiger partial charge in [0.15, 0.2) is 5.82 Å². The number of hydrogen-bond donors (Lipinski definition) is 0. The molecular formula is C16H14BrF2N3O3. The summed E-state index contributed by atoms with van der Waals surface area (Å²) in [7, 11) is 0. The Labute approximate surface area is 150 Å². The van der Waals surface area contributed by atoms with Crippen LogP contribution in [0.4, 0.5) is 19.4 Å². The van der Waals surface area contributed by atoms with Gasteiger partial charge in [-0.05, 0) is 25.1 Å². The van der Waals surface area contributed by atoms with Crippen LogP contribution in [0.5, 0.6) is 5.75 Å². The van der Waals surface area contributed by atoms with E-state index in [1.54, 1.807) is 10.8 Å². The number of fused-ring (bicyclic) bond motifs is 3. The zero-order valence-electron chi connectivity index (χ0n) is 13.2. The number of ether oxygens (including phenoxy) is 2.